The van der Waals surface area contributed by atoms with E-state index < -0.39 is 5.97 Å². The van der Waals surface area contributed by atoms with Crippen LogP contribution in [0.5, 0.6) is 11.5 Å². The van der Waals surface area contributed by atoms with Crippen LogP contribution >= 0.6 is 0 Å². The van der Waals surface area contributed by atoms with Gasteiger partial charge in [-0.1, -0.05) is 5.16 Å². The van der Waals surface area contributed by atoms with Gasteiger partial charge < -0.3 is 18.7 Å². The molecule has 0 unspecified atom stereocenters. The van der Waals surface area contributed by atoms with Gasteiger partial charge in [0, 0.05) is 5.56 Å². The molecule has 7 nitrogen and oxygen atoms in total. The maximum absolute atomic E-state index is 13.0. The minimum Gasteiger partial charge on any atom is -0.497 e. The predicted molar refractivity (Wildman–Crippen MR) is 88.4 cm³/mol. The van der Waals surface area contributed by atoms with E-state index in [1.807, 2.05) is 0 Å². The Kier molecular flexibility index (Phi) is 5.12. The Morgan fingerprint density at radius 2 is 1.88 bits per heavy atom. The van der Waals surface area contributed by atoms with Crippen molar-refractivity contribution >= 4 is 5.97 Å². The van der Waals surface area contributed by atoms with Gasteiger partial charge in [-0.05, 0) is 42.5 Å². The van der Waals surface area contributed by atoms with Crippen molar-refractivity contribution in [3.63, 3.8) is 0 Å². The Morgan fingerprint density at radius 3 is 2.58 bits per heavy atom. The molecule has 0 aliphatic carbocycles. The summed E-state index contributed by atoms with van der Waals surface area (Å²) < 4.78 is 33.4. The van der Waals surface area contributed by atoms with Crippen molar-refractivity contribution in [1.82, 2.24) is 10.1 Å². The minimum absolute atomic E-state index is 0.111. The third kappa shape index (κ3) is 3.80. The Hall–Kier alpha value is -3.42. The number of benzene rings is 2. The molecule has 0 saturated heterocycles. The lowest BCUT2D eigenvalue weighted by atomic mass is 10.2. The highest BCUT2D eigenvalue weighted by Crippen LogP contribution is 2.25. The molecule has 0 aliphatic heterocycles. The van der Waals surface area contributed by atoms with Crippen molar-refractivity contribution in [2.45, 2.75) is 6.61 Å². The van der Waals surface area contributed by atoms with Gasteiger partial charge in [-0.25, -0.2) is 9.18 Å². The van der Waals surface area contributed by atoms with E-state index in [2.05, 4.69) is 10.1 Å². The van der Waals surface area contributed by atoms with Gasteiger partial charge in [0.1, 0.15) is 22.9 Å². The number of rotatable bonds is 6. The first kappa shape index (κ1) is 17.4. The number of esters is 1. The van der Waals surface area contributed by atoms with E-state index in [0.717, 1.165) is 0 Å². The monoisotopic (exact) mass is 358 g/mol. The average Bonchev–Trinajstić information content (AvgIpc) is 3.15. The summed E-state index contributed by atoms with van der Waals surface area (Å²) in [6.45, 7) is -0.215. The second-order valence-electron chi connectivity index (χ2n) is 5.16. The molecule has 134 valence electrons. The fourth-order valence-electron chi connectivity index (χ4n) is 2.21. The molecule has 3 aromatic rings. The SMILES string of the molecule is COc1ccc(OC)c(C(=O)OCc2nc(-c3ccc(F)cc3)no2)c1. The third-order valence-electron chi connectivity index (χ3n) is 3.52. The Balaban J connectivity index is 1.70. The van der Waals surface area contributed by atoms with Crippen LogP contribution in [0.25, 0.3) is 11.4 Å². The lowest BCUT2D eigenvalue weighted by Gasteiger charge is -2.09. The van der Waals surface area contributed by atoms with Crippen LogP contribution in [0.2, 0.25) is 0 Å². The number of nitrogens with zero attached hydrogens (tertiary/aromatic N) is 2. The van der Waals surface area contributed by atoms with Crippen LogP contribution in [0.4, 0.5) is 4.39 Å². The molecular weight excluding hydrogens is 343 g/mol. The maximum atomic E-state index is 13.0. The van der Waals surface area contributed by atoms with E-state index in [1.165, 1.54) is 44.6 Å². The lowest BCUT2D eigenvalue weighted by molar-refractivity contribution is 0.0426. The van der Waals surface area contributed by atoms with E-state index >= 15 is 0 Å². The normalized spacial score (nSPS) is 10.4. The first-order valence-electron chi connectivity index (χ1n) is 7.58. The zero-order valence-corrected chi connectivity index (χ0v) is 14.1. The van der Waals surface area contributed by atoms with Gasteiger partial charge in [-0.2, -0.15) is 4.98 Å². The van der Waals surface area contributed by atoms with Gasteiger partial charge in [0.05, 0.1) is 14.2 Å². The summed E-state index contributed by atoms with van der Waals surface area (Å²) >= 11 is 0. The highest BCUT2D eigenvalue weighted by atomic mass is 19.1. The van der Waals surface area contributed by atoms with Gasteiger partial charge in [0.25, 0.3) is 5.89 Å². The summed E-state index contributed by atoms with van der Waals surface area (Å²) in [5.41, 5.74) is 0.798. The van der Waals surface area contributed by atoms with Crippen LogP contribution in [-0.2, 0) is 11.3 Å². The fraction of sp³-hybridized carbons (Fsp3) is 0.167. The Bertz CT molecular complexity index is 908. The number of carbonyl (C=O) groups excluding carboxylic acids is 1. The van der Waals surface area contributed by atoms with Crippen molar-refractivity contribution < 1.29 is 27.9 Å². The minimum atomic E-state index is -0.623. The van der Waals surface area contributed by atoms with Gasteiger partial charge in [0.2, 0.25) is 5.82 Å². The fourth-order valence-corrected chi connectivity index (χ4v) is 2.21. The van der Waals surface area contributed by atoms with E-state index in [-0.39, 0.29) is 29.7 Å². The second kappa shape index (κ2) is 7.64. The smallest absolute Gasteiger partial charge is 0.342 e. The number of carbonyl (C=O) groups is 1. The number of halogens is 1. The molecule has 1 heterocycles. The second-order valence-corrected chi connectivity index (χ2v) is 5.16. The lowest BCUT2D eigenvalue weighted by Crippen LogP contribution is -2.07. The highest BCUT2D eigenvalue weighted by molar-refractivity contribution is 5.93. The highest BCUT2D eigenvalue weighted by Gasteiger charge is 2.17. The Morgan fingerprint density at radius 1 is 1.12 bits per heavy atom. The zero-order chi connectivity index (χ0) is 18.5. The molecule has 2 aromatic carbocycles. The van der Waals surface area contributed by atoms with E-state index in [1.54, 1.807) is 12.1 Å². The molecule has 0 spiro atoms. The molecule has 0 atom stereocenters. The molecular formula is C18H15FN2O5. The molecule has 0 radical (unpaired) electrons. The molecule has 26 heavy (non-hydrogen) atoms. The summed E-state index contributed by atoms with van der Waals surface area (Å²) in [6, 6.07) is 10.4. The molecule has 1 aromatic heterocycles. The molecule has 3 rings (SSSR count). The summed E-state index contributed by atoms with van der Waals surface area (Å²) in [6.07, 6.45) is 0. The number of hydrogen-bond acceptors (Lipinski definition) is 7. The summed E-state index contributed by atoms with van der Waals surface area (Å²) in [5.74, 6) is 0.248. The molecule has 0 N–H and O–H groups in total. The molecule has 0 amide bonds. The van der Waals surface area contributed by atoms with Crippen LogP contribution in [0, 0.1) is 5.82 Å². The van der Waals surface area contributed by atoms with Gasteiger partial charge >= 0.3 is 5.97 Å². The number of aromatic nitrogens is 2. The summed E-state index contributed by atoms with van der Waals surface area (Å²) in [4.78, 5) is 16.4. The van der Waals surface area contributed by atoms with Crippen molar-refractivity contribution in [3.05, 3.63) is 59.7 Å². The molecule has 8 heteroatoms. The van der Waals surface area contributed by atoms with E-state index in [9.17, 15) is 9.18 Å². The average molecular weight is 358 g/mol. The third-order valence-corrected chi connectivity index (χ3v) is 3.52. The molecule has 0 saturated carbocycles. The summed E-state index contributed by atoms with van der Waals surface area (Å²) in [5, 5.41) is 3.78. The van der Waals surface area contributed by atoms with Gasteiger partial charge in [0.15, 0.2) is 6.61 Å². The van der Waals surface area contributed by atoms with Crippen LogP contribution in [0.15, 0.2) is 47.0 Å². The molecule has 0 fully saturated rings. The molecule has 0 aliphatic rings. The Labute approximate surface area is 148 Å². The molecule has 0 bridgehead atoms. The van der Waals surface area contributed by atoms with Crippen LogP contribution in [-0.4, -0.2) is 30.3 Å². The predicted octanol–water partition coefficient (Wildman–Crippen LogP) is 3.25. The summed E-state index contributed by atoms with van der Waals surface area (Å²) in [7, 11) is 2.94. The standard InChI is InChI=1S/C18H15FN2O5/c1-23-13-7-8-15(24-2)14(9-13)18(22)25-10-16-20-17(21-26-16)11-3-5-12(19)6-4-11/h3-9H,10H2,1-2H3. The maximum Gasteiger partial charge on any atom is 0.342 e. The van der Waals surface area contributed by atoms with Crippen LogP contribution in [0.1, 0.15) is 16.2 Å². The van der Waals surface area contributed by atoms with Crippen molar-refractivity contribution in [3.8, 4) is 22.9 Å². The topological polar surface area (TPSA) is 83.7 Å². The van der Waals surface area contributed by atoms with Gasteiger partial charge in [-0.3, -0.25) is 0 Å². The first-order chi connectivity index (χ1) is 12.6. The van der Waals surface area contributed by atoms with Crippen LogP contribution < -0.4 is 9.47 Å². The van der Waals surface area contributed by atoms with E-state index in [4.69, 9.17) is 18.7 Å². The van der Waals surface area contributed by atoms with Crippen LogP contribution in [0.3, 0.4) is 0 Å². The largest absolute Gasteiger partial charge is 0.497 e. The first-order valence-corrected chi connectivity index (χ1v) is 7.58. The number of ether oxygens (including phenoxy) is 3. The quantitative estimate of drug-likeness (QED) is 0.625. The van der Waals surface area contributed by atoms with Crippen molar-refractivity contribution in [1.29, 1.82) is 0 Å². The van der Waals surface area contributed by atoms with E-state index in [0.29, 0.717) is 17.1 Å². The van der Waals surface area contributed by atoms with Gasteiger partial charge in [-0.15, -0.1) is 0 Å². The number of methoxy groups -OCH3 is 2. The number of hydrogen-bond donors (Lipinski definition) is 0. The van der Waals surface area contributed by atoms with Crippen molar-refractivity contribution in [2.24, 2.45) is 0 Å². The zero-order valence-electron chi connectivity index (χ0n) is 14.1. The van der Waals surface area contributed by atoms with Crippen molar-refractivity contribution in [2.75, 3.05) is 14.2 Å².